The van der Waals surface area contributed by atoms with E-state index in [1.807, 2.05) is 48.2 Å². The van der Waals surface area contributed by atoms with Gasteiger partial charge in [-0.2, -0.15) is 10.2 Å². The highest BCUT2D eigenvalue weighted by Gasteiger charge is 2.23. The number of aromatic nitrogens is 5. The SMILES string of the molecule is Cc1nc2cc(CNC(=O)N3CCN(c4cnn5cc(-c6cnn(C)c6)ccc45)CC3)ccc2s1. The molecule has 1 saturated heterocycles. The summed E-state index contributed by atoms with van der Waals surface area (Å²) in [5.74, 6) is 0. The molecule has 178 valence electrons. The molecule has 0 aliphatic carbocycles. The number of aryl methyl sites for hydroxylation is 2. The van der Waals surface area contributed by atoms with Gasteiger partial charge in [-0.1, -0.05) is 12.1 Å². The number of carbonyl (C=O) groups excluding carboxylic acids is 1. The molecule has 1 fully saturated rings. The van der Waals surface area contributed by atoms with E-state index in [4.69, 9.17) is 0 Å². The van der Waals surface area contributed by atoms with Crippen LogP contribution in [0.3, 0.4) is 0 Å². The first-order valence-electron chi connectivity index (χ1n) is 11.6. The van der Waals surface area contributed by atoms with Crippen molar-refractivity contribution in [2.24, 2.45) is 7.05 Å². The molecule has 1 N–H and O–H groups in total. The first-order chi connectivity index (χ1) is 17.0. The highest BCUT2D eigenvalue weighted by molar-refractivity contribution is 7.18. The number of urea groups is 1. The highest BCUT2D eigenvalue weighted by atomic mass is 32.1. The number of hydrogen-bond donors (Lipinski definition) is 1. The minimum Gasteiger partial charge on any atom is -0.365 e. The van der Waals surface area contributed by atoms with Gasteiger partial charge in [-0.25, -0.2) is 14.3 Å². The number of hydrogen-bond acceptors (Lipinski definition) is 6. The van der Waals surface area contributed by atoms with Crippen LogP contribution in [0.5, 0.6) is 0 Å². The second kappa shape index (κ2) is 8.70. The second-order valence-corrected chi connectivity index (χ2v) is 10.1. The third-order valence-corrected chi connectivity index (χ3v) is 7.40. The van der Waals surface area contributed by atoms with Gasteiger partial charge in [-0.05, 0) is 30.7 Å². The summed E-state index contributed by atoms with van der Waals surface area (Å²) in [5, 5.41) is 13.0. The third-order valence-electron chi connectivity index (χ3n) is 6.44. The Morgan fingerprint density at radius 3 is 2.69 bits per heavy atom. The number of carbonyl (C=O) groups is 1. The van der Waals surface area contributed by atoms with Gasteiger partial charge >= 0.3 is 6.03 Å². The zero-order valence-electron chi connectivity index (χ0n) is 19.7. The van der Waals surface area contributed by atoms with E-state index in [9.17, 15) is 4.79 Å². The van der Waals surface area contributed by atoms with Crippen molar-refractivity contribution < 1.29 is 4.79 Å². The minimum atomic E-state index is -0.0276. The van der Waals surface area contributed by atoms with Gasteiger partial charge in [0, 0.05) is 63.3 Å². The maximum Gasteiger partial charge on any atom is 0.317 e. The molecule has 5 aromatic rings. The van der Waals surface area contributed by atoms with Gasteiger partial charge in [0.2, 0.25) is 0 Å². The lowest BCUT2D eigenvalue weighted by Gasteiger charge is -2.35. The monoisotopic (exact) mass is 486 g/mol. The Hall–Kier alpha value is -3.92. The zero-order valence-corrected chi connectivity index (χ0v) is 20.5. The first-order valence-corrected chi connectivity index (χ1v) is 12.5. The molecule has 1 aliphatic rings. The maximum atomic E-state index is 12.8. The van der Waals surface area contributed by atoms with Crippen molar-refractivity contribution >= 4 is 38.8 Å². The van der Waals surface area contributed by atoms with Gasteiger partial charge in [-0.3, -0.25) is 4.68 Å². The molecular weight excluding hydrogens is 460 g/mol. The Morgan fingerprint density at radius 2 is 1.89 bits per heavy atom. The van der Waals surface area contributed by atoms with E-state index in [-0.39, 0.29) is 6.03 Å². The van der Waals surface area contributed by atoms with Crippen LogP contribution >= 0.6 is 11.3 Å². The molecule has 6 rings (SSSR count). The Morgan fingerprint density at radius 1 is 1.03 bits per heavy atom. The molecule has 10 heteroatoms. The van der Waals surface area contributed by atoms with Crippen molar-refractivity contribution in [3.63, 3.8) is 0 Å². The Labute approximate surface area is 206 Å². The van der Waals surface area contributed by atoms with Crippen LogP contribution in [0.1, 0.15) is 10.6 Å². The van der Waals surface area contributed by atoms with Gasteiger partial charge in [0.05, 0.1) is 38.8 Å². The minimum absolute atomic E-state index is 0.0276. The number of thiazole rings is 1. The van der Waals surface area contributed by atoms with Crippen LogP contribution in [0, 0.1) is 6.92 Å². The van der Waals surface area contributed by atoms with Gasteiger partial charge < -0.3 is 15.1 Å². The van der Waals surface area contributed by atoms with Crippen LogP contribution in [0.2, 0.25) is 0 Å². The predicted octanol–water partition coefficient (Wildman–Crippen LogP) is 3.68. The predicted molar refractivity (Wildman–Crippen MR) is 138 cm³/mol. The van der Waals surface area contributed by atoms with Gasteiger partial charge in [0.25, 0.3) is 0 Å². The molecule has 0 unspecified atom stereocenters. The molecule has 1 aliphatic heterocycles. The number of pyridine rings is 1. The summed E-state index contributed by atoms with van der Waals surface area (Å²) in [6.45, 7) is 5.38. The van der Waals surface area contributed by atoms with E-state index in [0.29, 0.717) is 19.6 Å². The smallest absolute Gasteiger partial charge is 0.317 e. The fraction of sp³-hybridized carbons (Fsp3) is 0.280. The number of rotatable bonds is 4. The number of nitrogens with zero attached hydrogens (tertiary/aromatic N) is 7. The Balaban J connectivity index is 1.08. The van der Waals surface area contributed by atoms with E-state index < -0.39 is 0 Å². The Kier molecular flexibility index (Phi) is 5.37. The van der Waals surface area contributed by atoms with E-state index in [2.05, 4.69) is 55.7 Å². The molecule has 0 bridgehead atoms. The fourth-order valence-corrected chi connectivity index (χ4v) is 5.40. The summed E-state index contributed by atoms with van der Waals surface area (Å²) in [6, 6.07) is 10.4. The number of nitrogens with one attached hydrogen (secondary N) is 1. The summed E-state index contributed by atoms with van der Waals surface area (Å²) in [6.07, 6.45) is 7.79. The maximum absolute atomic E-state index is 12.8. The average Bonchev–Trinajstić information content (AvgIpc) is 3.59. The standard InChI is InChI=1S/C25H26N8OS/c1-17-29-21-11-18(3-6-24(21)35-17)12-26-25(34)32-9-7-31(8-10-32)23-14-28-33-16-19(4-5-22(23)33)20-13-27-30(2)15-20/h3-6,11,13-16H,7-10,12H2,1-2H3,(H,26,34). The van der Waals surface area contributed by atoms with Crippen LogP contribution in [0.15, 0.2) is 55.1 Å². The van der Waals surface area contributed by atoms with Gasteiger partial charge in [0.15, 0.2) is 0 Å². The van der Waals surface area contributed by atoms with Crippen LogP contribution in [-0.4, -0.2) is 61.5 Å². The number of piperazine rings is 1. The molecule has 4 aromatic heterocycles. The molecule has 1 aromatic carbocycles. The Bertz CT molecular complexity index is 1530. The van der Waals surface area contributed by atoms with Crippen molar-refractivity contribution in [2.75, 3.05) is 31.1 Å². The topological polar surface area (TPSA) is 83.6 Å². The molecule has 0 radical (unpaired) electrons. The van der Waals surface area contributed by atoms with E-state index >= 15 is 0 Å². The van der Waals surface area contributed by atoms with Crippen molar-refractivity contribution in [1.29, 1.82) is 0 Å². The van der Waals surface area contributed by atoms with Gasteiger partial charge in [-0.15, -0.1) is 11.3 Å². The quantitative estimate of drug-likeness (QED) is 0.419. The normalized spacial score (nSPS) is 14.2. The van der Waals surface area contributed by atoms with Crippen LogP contribution < -0.4 is 10.2 Å². The summed E-state index contributed by atoms with van der Waals surface area (Å²) in [7, 11) is 1.91. The second-order valence-electron chi connectivity index (χ2n) is 8.85. The van der Waals surface area contributed by atoms with Gasteiger partial charge in [0.1, 0.15) is 0 Å². The molecule has 0 atom stereocenters. The summed E-state index contributed by atoms with van der Waals surface area (Å²) < 4.78 is 4.89. The molecular formula is C25H26N8OS. The van der Waals surface area contributed by atoms with E-state index in [0.717, 1.165) is 51.5 Å². The fourth-order valence-electron chi connectivity index (χ4n) is 4.59. The molecule has 2 amide bonds. The number of anilines is 1. The largest absolute Gasteiger partial charge is 0.365 e. The molecule has 5 heterocycles. The van der Waals surface area contributed by atoms with Crippen LogP contribution in [-0.2, 0) is 13.6 Å². The summed E-state index contributed by atoms with van der Waals surface area (Å²) in [5.41, 5.74) is 6.34. The molecule has 0 saturated carbocycles. The lowest BCUT2D eigenvalue weighted by molar-refractivity contribution is 0.194. The number of benzene rings is 1. The summed E-state index contributed by atoms with van der Waals surface area (Å²) >= 11 is 1.69. The van der Waals surface area contributed by atoms with Crippen molar-refractivity contribution in [3.8, 4) is 11.1 Å². The van der Waals surface area contributed by atoms with Crippen molar-refractivity contribution in [2.45, 2.75) is 13.5 Å². The lowest BCUT2D eigenvalue weighted by atomic mass is 10.1. The summed E-state index contributed by atoms with van der Waals surface area (Å²) in [4.78, 5) is 21.5. The first kappa shape index (κ1) is 21.6. The zero-order chi connectivity index (χ0) is 23.9. The lowest BCUT2D eigenvalue weighted by Crippen LogP contribution is -2.51. The highest BCUT2D eigenvalue weighted by Crippen LogP contribution is 2.26. The number of fused-ring (bicyclic) bond motifs is 2. The van der Waals surface area contributed by atoms with Crippen LogP contribution in [0.4, 0.5) is 10.5 Å². The van der Waals surface area contributed by atoms with Crippen LogP contribution in [0.25, 0.3) is 26.9 Å². The van der Waals surface area contributed by atoms with Crippen molar-refractivity contribution in [3.05, 3.63) is 65.7 Å². The average molecular weight is 487 g/mol. The van der Waals surface area contributed by atoms with E-state index in [1.165, 1.54) is 4.70 Å². The third kappa shape index (κ3) is 4.21. The van der Waals surface area contributed by atoms with Crippen molar-refractivity contribution in [1.82, 2.24) is 34.6 Å². The molecule has 9 nitrogen and oxygen atoms in total. The molecule has 0 spiro atoms. The molecule has 35 heavy (non-hydrogen) atoms. The van der Waals surface area contributed by atoms with E-state index in [1.54, 1.807) is 16.0 Å². The number of amides is 2.